The molecule has 376 valence electrons. The number of phosphoric acid groups is 1. The number of allylic oxidation sites excluding steroid dienone is 24. The van der Waals surface area contributed by atoms with Crippen LogP contribution in [0.3, 0.4) is 0 Å². The molecule has 67 heavy (non-hydrogen) atoms. The molecule has 0 bridgehead atoms. The number of ether oxygens (including phenoxy) is 2. The Labute approximate surface area is 407 Å². The predicted octanol–water partition coefficient (Wildman–Crippen LogP) is 15.6. The first-order valence-electron chi connectivity index (χ1n) is 25.3. The first-order valence-corrected chi connectivity index (χ1v) is 26.8. The first-order chi connectivity index (χ1) is 32.8. The van der Waals surface area contributed by atoms with Crippen LogP contribution in [0.25, 0.3) is 0 Å². The molecule has 10 heteroatoms. The second-order valence-electron chi connectivity index (χ2n) is 15.9. The fraction of sp³-hybridized carbons (Fsp3) is 0.544. The summed E-state index contributed by atoms with van der Waals surface area (Å²) in [7, 11) is -4.41. The summed E-state index contributed by atoms with van der Waals surface area (Å²) in [5.41, 5.74) is 5.36. The van der Waals surface area contributed by atoms with Gasteiger partial charge in [0.2, 0.25) is 0 Å². The Morgan fingerprint density at radius 3 is 1.19 bits per heavy atom. The number of rotatable bonds is 45. The van der Waals surface area contributed by atoms with Gasteiger partial charge in [-0.25, -0.2) is 4.57 Å². The third-order valence-corrected chi connectivity index (χ3v) is 10.7. The molecule has 9 nitrogen and oxygen atoms in total. The Morgan fingerprint density at radius 2 is 0.791 bits per heavy atom. The van der Waals surface area contributed by atoms with Gasteiger partial charge in [0.25, 0.3) is 0 Å². The highest BCUT2D eigenvalue weighted by Crippen LogP contribution is 2.43. The molecule has 0 aromatic rings. The van der Waals surface area contributed by atoms with Crippen molar-refractivity contribution in [1.82, 2.24) is 0 Å². The molecule has 0 saturated carbocycles. The predicted molar refractivity (Wildman–Crippen MR) is 283 cm³/mol. The van der Waals surface area contributed by atoms with Gasteiger partial charge in [-0.3, -0.25) is 18.6 Å². The Balaban J connectivity index is 4.23. The zero-order chi connectivity index (χ0) is 48.8. The van der Waals surface area contributed by atoms with E-state index in [1.54, 1.807) is 0 Å². The van der Waals surface area contributed by atoms with Crippen molar-refractivity contribution < 1.29 is 37.6 Å². The van der Waals surface area contributed by atoms with E-state index in [0.29, 0.717) is 19.3 Å². The van der Waals surface area contributed by atoms with Gasteiger partial charge in [0, 0.05) is 19.4 Å². The van der Waals surface area contributed by atoms with Crippen molar-refractivity contribution in [2.75, 3.05) is 26.4 Å². The van der Waals surface area contributed by atoms with Crippen LogP contribution in [0.2, 0.25) is 0 Å². The van der Waals surface area contributed by atoms with Crippen LogP contribution in [0.4, 0.5) is 0 Å². The molecule has 0 aliphatic heterocycles. The minimum Gasteiger partial charge on any atom is -0.462 e. The summed E-state index contributed by atoms with van der Waals surface area (Å²) in [6, 6.07) is 0. The van der Waals surface area contributed by atoms with Crippen LogP contribution in [-0.2, 0) is 32.7 Å². The lowest BCUT2D eigenvalue weighted by Gasteiger charge is -2.19. The molecular weight excluding hydrogens is 858 g/mol. The Morgan fingerprint density at radius 1 is 0.448 bits per heavy atom. The Bertz CT molecular complexity index is 1600. The van der Waals surface area contributed by atoms with Crippen molar-refractivity contribution in [1.29, 1.82) is 0 Å². The lowest BCUT2D eigenvalue weighted by molar-refractivity contribution is -0.161. The molecule has 0 radical (unpaired) electrons. The molecule has 3 N–H and O–H groups in total. The van der Waals surface area contributed by atoms with Gasteiger partial charge in [-0.05, 0) is 109 Å². The summed E-state index contributed by atoms with van der Waals surface area (Å²) in [4.78, 5) is 35.0. The summed E-state index contributed by atoms with van der Waals surface area (Å²) >= 11 is 0. The molecule has 0 amide bonds. The van der Waals surface area contributed by atoms with Gasteiger partial charge in [-0.1, -0.05) is 192 Å². The average Bonchev–Trinajstić information content (AvgIpc) is 3.32. The van der Waals surface area contributed by atoms with E-state index in [9.17, 15) is 19.0 Å². The zero-order valence-electron chi connectivity index (χ0n) is 41.6. The Kier molecular flexibility index (Phi) is 48.1. The van der Waals surface area contributed by atoms with E-state index in [4.69, 9.17) is 24.3 Å². The van der Waals surface area contributed by atoms with Gasteiger partial charge in [-0.2, -0.15) is 0 Å². The summed E-state index contributed by atoms with van der Waals surface area (Å²) in [5, 5.41) is 0. The van der Waals surface area contributed by atoms with E-state index in [1.165, 1.54) is 19.3 Å². The van der Waals surface area contributed by atoms with Gasteiger partial charge in [0.05, 0.1) is 13.2 Å². The van der Waals surface area contributed by atoms with E-state index < -0.39 is 32.5 Å². The summed E-state index contributed by atoms with van der Waals surface area (Å²) < 4.78 is 32.8. The smallest absolute Gasteiger partial charge is 0.462 e. The standard InChI is InChI=1S/C57H90NO8P/c1-3-5-7-9-11-13-15-17-19-21-22-23-24-25-26-27-28-29-30-31-32-34-36-38-40-42-44-46-48-50-57(60)66-55(54-65-67(61,62)64-52-51-58)53-63-56(59)49-47-45-43-41-39-37-35-33-20-18-16-14-12-10-8-6-4-2/h5-8,11-14,17-20,22-23,25-26,28-29,31-32,36,38,42,44,55H,3-4,9-10,15-16,21,24,27,30,33-35,37,39-41,43,45-54,58H2,1-2H3,(H,61,62)/b7-5-,8-6-,13-11-,14-12-,19-17-,20-18-,23-22-,26-25-,29-28-,32-31-,38-36-,44-42-. The second-order valence-corrected chi connectivity index (χ2v) is 17.4. The lowest BCUT2D eigenvalue weighted by Crippen LogP contribution is -2.29. The fourth-order valence-corrected chi connectivity index (χ4v) is 6.83. The highest BCUT2D eigenvalue weighted by Gasteiger charge is 2.26. The average molecular weight is 948 g/mol. The molecule has 0 rings (SSSR count). The number of hydrogen-bond acceptors (Lipinski definition) is 8. The largest absolute Gasteiger partial charge is 0.472 e. The maximum atomic E-state index is 12.6. The van der Waals surface area contributed by atoms with Crippen molar-refractivity contribution in [2.45, 2.75) is 174 Å². The van der Waals surface area contributed by atoms with Gasteiger partial charge >= 0.3 is 19.8 Å². The van der Waals surface area contributed by atoms with Crippen molar-refractivity contribution in [2.24, 2.45) is 5.73 Å². The van der Waals surface area contributed by atoms with Gasteiger partial charge in [0.1, 0.15) is 6.61 Å². The third-order valence-electron chi connectivity index (χ3n) is 9.72. The van der Waals surface area contributed by atoms with Crippen LogP contribution in [0.15, 0.2) is 146 Å². The van der Waals surface area contributed by atoms with Crippen LogP contribution in [-0.4, -0.2) is 49.3 Å². The molecule has 2 atom stereocenters. The van der Waals surface area contributed by atoms with Crippen LogP contribution in [0.5, 0.6) is 0 Å². The lowest BCUT2D eigenvalue weighted by atomic mass is 10.1. The number of carbonyl (C=O) groups is 2. The van der Waals surface area contributed by atoms with Crippen molar-refractivity contribution in [3.05, 3.63) is 146 Å². The number of hydrogen-bond donors (Lipinski definition) is 2. The molecule has 0 fully saturated rings. The van der Waals surface area contributed by atoms with Gasteiger partial charge < -0.3 is 20.1 Å². The molecular formula is C57H90NO8P. The summed E-state index contributed by atoms with van der Waals surface area (Å²) in [5.74, 6) is -0.925. The van der Waals surface area contributed by atoms with E-state index in [2.05, 4.69) is 154 Å². The van der Waals surface area contributed by atoms with Crippen molar-refractivity contribution >= 4 is 19.8 Å². The van der Waals surface area contributed by atoms with Crippen LogP contribution >= 0.6 is 7.82 Å². The summed E-state index contributed by atoms with van der Waals surface area (Å²) in [6.45, 7) is 3.40. The maximum absolute atomic E-state index is 12.6. The monoisotopic (exact) mass is 948 g/mol. The minimum absolute atomic E-state index is 0.0338. The van der Waals surface area contributed by atoms with Gasteiger partial charge in [0.15, 0.2) is 6.10 Å². The minimum atomic E-state index is -4.41. The Hall–Kier alpha value is -4.11. The number of phosphoric ester groups is 1. The highest BCUT2D eigenvalue weighted by molar-refractivity contribution is 7.47. The quantitative estimate of drug-likeness (QED) is 0.0265. The molecule has 0 aromatic heterocycles. The van der Waals surface area contributed by atoms with E-state index in [1.807, 2.05) is 6.08 Å². The van der Waals surface area contributed by atoms with Crippen LogP contribution < -0.4 is 5.73 Å². The SMILES string of the molecule is CC/C=C\C/C=C\C/C=C\C/C=C\C/C=C\C/C=C\C/C=C\C/C=C\C/C=C\CCCC(=O)OC(COC(=O)CCCCCCCCC/C=C\C/C=C\C/C=C\CC)COP(=O)(O)OCCN. The molecule has 0 aromatic carbocycles. The zero-order valence-corrected chi connectivity index (χ0v) is 42.5. The van der Waals surface area contributed by atoms with E-state index in [-0.39, 0.29) is 32.6 Å². The molecule has 0 heterocycles. The molecule has 0 aliphatic rings. The topological polar surface area (TPSA) is 134 Å². The second kappa shape index (κ2) is 51.3. The van der Waals surface area contributed by atoms with Gasteiger partial charge in [-0.15, -0.1) is 0 Å². The van der Waals surface area contributed by atoms with Crippen molar-refractivity contribution in [3.8, 4) is 0 Å². The number of nitrogens with two attached hydrogens (primary N) is 1. The van der Waals surface area contributed by atoms with Crippen LogP contribution in [0, 0.1) is 0 Å². The molecule has 0 spiro atoms. The number of carbonyl (C=O) groups excluding carboxylic acids is 2. The van der Waals surface area contributed by atoms with E-state index in [0.717, 1.165) is 103 Å². The first kappa shape index (κ1) is 62.9. The van der Waals surface area contributed by atoms with Crippen molar-refractivity contribution in [3.63, 3.8) is 0 Å². The molecule has 2 unspecified atom stereocenters. The third kappa shape index (κ3) is 51.1. The normalized spacial score (nSPS) is 14.4. The fourth-order valence-electron chi connectivity index (χ4n) is 6.06. The maximum Gasteiger partial charge on any atom is 0.472 e. The van der Waals surface area contributed by atoms with Crippen LogP contribution in [0.1, 0.15) is 168 Å². The molecule has 0 saturated heterocycles. The summed E-state index contributed by atoms with van der Waals surface area (Å²) in [6.07, 6.45) is 73.2. The van der Waals surface area contributed by atoms with E-state index >= 15 is 0 Å². The molecule has 0 aliphatic carbocycles. The number of unbranched alkanes of at least 4 members (excludes halogenated alkanes) is 8. The highest BCUT2D eigenvalue weighted by atomic mass is 31.2. The number of esters is 2.